The van der Waals surface area contributed by atoms with Crippen molar-refractivity contribution in [2.75, 3.05) is 46.1 Å². The summed E-state index contributed by atoms with van der Waals surface area (Å²) in [5.74, 6) is 0. The Balaban J connectivity index is 1.93. The van der Waals surface area contributed by atoms with E-state index in [1.807, 2.05) is 0 Å². The molecule has 0 aromatic heterocycles. The Labute approximate surface area is 89.4 Å². The Morgan fingerprint density at radius 2 is 2.20 bits per heavy atom. The second-order valence-electron chi connectivity index (χ2n) is 3.13. The van der Waals surface area contributed by atoms with Gasteiger partial charge in [-0.25, -0.2) is 4.79 Å². The van der Waals surface area contributed by atoms with Crippen molar-refractivity contribution in [3.63, 3.8) is 0 Å². The van der Waals surface area contributed by atoms with Crippen LogP contribution in [0.1, 0.15) is 6.92 Å². The molecule has 1 rings (SSSR count). The van der Waals surface area contributed by atoms with E-state index in [1.54, 1.807) is 6.92 Å². The zero-order valence-corrected chi connectivity index (χ0v) is 9.03. The molecule has 1 saturated heterocycles. The summed E-state index contributed by atoms with van der Waals surface area (Å²) in [5.41, 5.74) is 2.20. The van der Waals surface area contributed by atoms with Crippen LogP contribution < -0.4 is 5.48 Å². The van der Waals surface area contributed by atoms with E-state index in [-0.39, 0.29) is 0 Å². The maximum absolute atomic E-state index is 10.8. The number of carbonyl (C=O) groups is 1. The molecule has 6 heteroatoms. The minimum atomic E-state index is -0.542. The lowest BCUT2D eigenvalue weighted by molar-refractivity contribution is -0.00510. The Bertz CT molecular complexity index is 183. The van der Waals surface area contributed by atoms with Gasteiger partial charge in [0, 0.05) is 19.6 Å². The van der Waals surface area contributed by atoms with Crippen LogP contribution >= 0.6 is 0 Å². The fourth-order valence-electron chi connectivity index (χ4n) is 1.27. The number of carbonyl (C=O) groups excluding carboxylic acids is 1. The van der Waals surface area contributed by atoms with Crippen molar-refractivity contribution in [1.82, 2.24) is 10.4 Å². The molecule has 0 spiro atoms. The molecule has 6 nitrogen and oxygen atoms in total. The molecular weight excluding hydrogens is 200 g/mol. The summed E-state index contributed by atoms with van der Waals surface area (Å²) in [6.07, 6.45) is -0.542. The van der Waals surface area contributed by atoms with E-state index in [1.165, 1.54) is 0 Å². The molecule has 0 saturated carbocycles. The van der Waals surface area contributed by atoms with E-state index in [4.69, 9.17) is 9.57 Å². The van der Waals surface area contributed by atoms with Crippen molar-refractivity contribution in [2.45, 2.75) is 6.92 Å². The number of hydroxylamine groups is 1. The highest BCUT2D eigenvalue weighted by atomic mass is 16.7. The number of rotatable bonds is 5. The van der Waals surface area contributed by atoms with Gasteiger partial charge in [0.25, 0.3) is 0 Å². The van der Waals surface area contributed by atoms with E-state index >= 15 is 0 Å². The van der Waals surface area contributed by atoms with E-state index in [0.717, 1.165) is 32.8 Å². The maximum atomic E-state index is 10.8. The number of hydrogen-bond acceptors (Lipinski definition) is 5. The minimum absolute atomic E-state index is 0.346. The van der Waals surface area contributed by atoms with Gasteiger partial charge < -0.3 is 9.47 Å². The van der Waals surface area contributed by atoms with E-state index in [0.29, 0.717) is 13.2 Å². The van der Waals surface area contributed by atoms with Crippen LogP contribution in [0, 0.1) is 0 Å². The third-order valence-electron chi connectivity index (χ3n) is 2.04. The third kappa shape index (κ3) is 5.56. The van der Waals surface area contributed by atoms with E-state index in [2.05, 4.69) is 15.1 Å². The van der Waals surface area contributed by atoms with Crippen LogP contribution in [0.3, 0.4) is 0 Å². The molecule has 0 aliphatic carbocycles. The molecule has 1 aliphatic heterocycles. The summed E-state index contributed by atoms with van der Waals surface area (Å²) in [4.78, 5) is 18.0. The highest BCUT2D eigenvalue weighted by Gasteiger charge is 2.09. The van der Waals surface area contributed by atoms with E-state index < -0.39 is 6.09 Å². The first-order chi connectivity index (χ1) is 7.33. The molecule has 1 aliphatic rings. The van der Waals surface area contributed by atoms with Gasteiger partial charge >= 0.3 is 6.09 Å². The van der Waals surface area contributed by atoms with Crippen LogP contribution in [0.4, 0.5) is 4.79 Å². The molecule has 0 radical (unpaired) electrons. The van der Waals surface area contributed by atoms with Gasteiger partial charge in [-0.3, -0.25) is 9.74 Å². The lowest BCUT2D eigenvalue weighted by atomic mass is 10.4. The van der Waals surface area contributed by atoms with Crippen LogP contribution in [-0.2, 0) is 14.3 Å². The molecule has 0 aromatic carbocycles. The van der Waals surface area contributed by atoms with E-state index in [9.17, 15) is 4.79 Å². The van der Waals surface area contributed by atoms with Crippen LogP contribution in [0.25, 0.3) is 0 Å². The molecule has 15 heavy (non-hydrogen) atoms. The second kappa shape index (κ2) is 7.44. The molecule has 0 aromatic rings. The Hall–Kier alpha value is -0.850. The topological polar surface area (TPSA) is 60.0 Å². The van der Waals surface area contributed by atoms with Gasteiger partial charge in [-0.15, -0.1) is 0 Å². The summed E-state index contributed by atoms with van der Waals surface area (Å²) >= 11 is 0. The Morgan fingerprint density at radius 1 is 1.47 bits per heavy atom. The molecule has 0 bridgehead atoms. The van der Waals surface area contributed by atoms with Crippen molar-refractivity contribution in [3.05, 3.63) is 0 Å². The van der Waals surface area contributed by atoms with Crippen molar-refractivity contribution in [3.8, 4) is 0 Å². The average Bonchev–Trinajstić information content (AvgIpc) is 2.26. The maximum Gasteiger partial charge on any atom is 0.431 e. The molecule has 0 atom stereocenters. The summed E-state index contributed by atoms with van der Waals surface area (Å²) < 4.78 is 9.83. The molecule has 1 amide bonds. The van der Waals surface area contributed by atoms with Gasteiger partial charge in [0.15, 0.2) is 0 Å². The first kappa shape index (κ1) is 12.2. The first-order valence-corrected chi connectivity index (χ1v) is 5.17. The predicted octanol–water partition coefficient (Wildman–Crippen LogP) is -0.00370. The molecular formula is C9H18N2O4. The smallest absolute Gasteiger partial charge is 0.431 e. The third-order valence-corrected chi connectivity index (χ3v) is 2.04. The Morgan fingerprint density at radius 3 is 2.87 bits per heavy atom. The number of amides is 1. The lowest BCUT2D eigenvalue weighted by Gasteiger charge is -2.26. The quantitative estimate of drug-likeness (QED) is 0.520. The summed E-state index contributed by atoms with van der Waals surface area (Å²) in [6, 6.07) is 0. The number of ether oxygens (including phenoxy) is 2. The van der Waals surface area contributed by atoms with Gasteiger partial charge in [-0.05, 0) is 6.92 Å². The Kier molecular flexibility index (Phi) is 6.06. The second-order valence-corrected chi connectivity index (χ2v) is 3.13. The van der Waals surface area contributed by atoms with Crippen molar-refractivity contribution in [1.29, 1.82) is 0 Å². The van der Waals surface area contributed by atoms with Crippen LogP contribution in [-0.4, -0.2) is 57.1 Å². The molecule has 1 fully saturated rings. The van der Waals surface area contributed by atoms with Gasteiger partial charge in [0.2, 0.25) is 0 Å². The number of morpholine rings is 1. The zero-order valence-electron chi connectivity index (χ0n) is 9.03. The standard InChI is InChI=1S/C9H18N2O4/c1-2-14-9(12)10-15-8-5-11-3-6-13-7-4-11/h2-8H2,1H3,(H,10,12). The van der Waals surface area contributed by atoms with Gasteiger partial charge in [-0.1, -0.05) is 0 Å². The highest BCUT2D eigenvalue weighted by Crippen LogP contribution is 1.95. The monoisotopic (exact) mass is 218 g/mol. The largest absolute Gasteiger partial charge is 0.448 e. The predicted molar refractivity (Wildman–Crippen MR) is 53.4 cm³/mol. The highest BCUT2D eigenvalue weighted by molar-refractivity contribution is 5.65. The summed E-state index contributed by atoms with van der Waals surface area (Å²) in [7, 11) is 0. The number of hydrogen-bond donors (Lipinski definition) is 1. The lowest BCUT2D eigenvalue weighted by Crippen LogP contribution is -2.39. The van der Waals surface area contributed by atoms with Crippen molar-refractivity contribution < 1.29 is 19.1 Å². The van der Waals surface area contributed by atoms with Crippen LogP contribution in [0.5, 0.6) is 0 Å². The zero-order chi connectivity index (χ0) is 10.9. The van der Waals surface area contributed by atoms with Gasteiger partial charge in [0.1, 0.15) is 0 Å². The fraction of sp³-hybridized carbons (Fsp3) is 0.889. The minimum Gasteiger partial charge on any atom is -0.448 e. The number of nitrogens with one attached hydrogen (secondary N) is 1. The average molecular weight is 218 g/mol. The van der Waals surface area contributed by atoms with Gasteiger partial charge in [0.05, 0.1) is 26.4 Å². The summed E-state index contributed by atoms with van der Waals surface area (Å²) in [5, 5.41) is 0. The van der Waals surface area contributed by atoms with Gasteiger partial charge in [-0.2, -0.15) is 5.48 Å². The summed E-state index contributed by atoms with van der Waals surface area (Å²) in [6.45, 7) is 6.71. The molecule has 88 valence electrons. The molecule has 1 heterocycles. The number of nitrogens with zero attached hydrogens (tertiary/aromatic N) is 1. The van der Waals surface area contributed by atoms with Crippen molar-refractivity contribution in [2.24, 2.45) is 0 Å². The normalized spacial score (nSPS) is 17.4. The molecule has 0 unspecified atom stereocenters. The van der Waals surface area contributed by atoms with Crippen LogP contribution in [0.15, 0.2) is 0 Å². The first-order valence-electron chi connectivity index (χ1n) is 5.17. The molecule has 1 N–H and O–H groups in total. The fourth-order valence-corrected chi connectivity index (χ4v) is 1.27. The SMILES string of the molecule is CCOC(=O)NOCCN1CCOCC1. The van der Waals surface area contributed by atoms with Crippen LogP contribution in [0.2, 0.25) is 0 Å². The van der Waals surface area contributed by atoms with Crippen molar-refractivity contribution >= 4 is 6.09 Å².